The van der Waals surface area contributed by atoms with Crippen LogP contribution in [0.2, 0.25) is 0 Å². The summed E-state index contributed by atoms with van der Waals surface area (Å²) in [6.45, 7) is 8.95. The molecule has 1 amide bonds. The van der Waals surface area contributed by atoms with Gasteiger partial charge in [-0.15, -0.1) is 0 Å². The van der Waals surface area contributed by atoms with E-state index in [2.05, 4.69) is 18.7 Å². The monoisotopic (exact) mass is 346 g/mol. The molecule has 0 N–H and O–H groups in total. The molecule has 5 nitrogen and oxygen atoms in total. The Balaban J connectivity index is 1.63. The van der Waals surface area contributed by atoms with Crippen LogP contribution in [-0.4, -0.2) is 67.7 Å². The molecular formula is C20H30N2O3. The molecular weight excluding hydrogens is 316 g/mol. The van der Waals surface area contributed by atoms with E-state index in [4.69, 9.17) is 9.47 Å². The molecule has 2 aliphatic heterocycles. The van der Waals surface area contributed by atoms with Crippen molar-refractivity contribution in [3.05, 3.63) is 29.8 Å². The Kier molecular flexibility index (Phi) is 5.97. The Hall–Kier alpha value is -1.59. The van der Waals surface area contributed by atoms with Gasteiger partial charge in [-0.3, -0.25) is 9.69 Å². The van der Waals surface area contributed by atoms with Crippen LogP contribution < -0.4 is 4.74 Å². The number of nitrogens with zero attached hydrogens (tertiary/aromatic N) is 2. The topological polar surface area (TPSA) is 42.0 Å². The third-order valence-electron chi connectivity index (χ3n) is 5.19. The Bertz CT molecular complexity index is 578. The van der Waals surface area contributed by atoms with E-state index in [0.29, 0.717) is 29.3 Å². The first-order valence-corrected chi connectivity index (χ1v) is 9.36. The lowest BCUT2D eigenvalue weighted by molar-refractivity contribution is -0.0294. The van der Waals surface area contributed by atoms with Gasteiger partial charge in [0.2, 0.25) is 0 Å². The van der Waals surface area contributed by atoms with Crippen LogP contribution in [0.5, 0.6) is 5.75 Å². The number of carbonyl (C=O) groups excluding carboxylic acids is 1. The van der Waals surface area contributed by atoms with E-state index in [-0.39, 0.29) is 5.91 Å². The average Bonchev–Trinajstić information content (AvgIpc) is 2.60. The van der Waals surface area contributed by atoms with Gasteiger partial charge in [0.1, 0.15) is 5.75 Å². The summed E-state index contributed by atoms with van der Waals surface area (Å²) in [4.78, 5) is 17.3. The lowest BCUT2D eigenvalue weighted by atomic mass is 9.97. The number of hydrogen-bond donors (Lipinski definition) is 0. The van der Waals surface area contributed by atoms with Gasteiger partial charge in [0.15, 0.2) is 0 Å². The number of carbonyl (C=O) groups is 1. The number of likely N-dealkylation sites (tertiary alicyclic amines) is 1. The van der Waals surface area contributed by atoms with Gasteiger partial charge >= 0.3 is 0 Å². The van der Waals surface area contributed by atoms with Crippen LogP contribution in [0.3, 0.4) is 0 Å². The molecule has 2 saturated heterocycles. The molecule has 0 bridgehead atoms. The summed E-state index contributed by atoms with van der Waals surface area (Å²) in [5, 5.41) is 0. The van der Waals surface area contributed by atoms with E-state index >= 15 is 0 Å². The Morgan fingerprint density at radius 1 is 1.24 bits per heavy atom. The molecule has 1 aromatic rings. The maximum Gasteiger partial charge on any atom is 0.257 e. The average molecular weight is 346 g/mol. The molecule has 0 radical (unpaired) electrons. The highest BCUT2D eigenvalue weighted by Gasteiger charge is 2.39. The van der Waals surface area contributed by atoms with Crippen LogP contribution in [0.15, 0.2) is 24.3 Å². The second kappa shape index (κ2) is 8.19. The number of methoxy groups -OCH3 is 1. The van der Waals surface area contributed by atoms with Crippen molar-refractivity contribution in [1.82, 2.24) is 9.80 Å². The highest BCUT2D eigenvalue weighted by Crippen LogP contribution is 2.27. The van der Waals surface area contributed by atoms with Crippen LogP contribution in [0, 0.1) is 5.92 Å². The lowest BCUT2D eigenvalue weighted by Gasteiger charge is -2.49. The quantitative estimate of drug-likeness (QED) is 0.794. The number of amides is 1. The highest BCUT2D eigenvalue weighted by atomic mass is 16.5. The number of hydrogen-bond acceptors (Lipinski definition) is 4. The molecule has 2 heterocycles. The van der Waals surface area contributed by atoms with Gasteiger partial charge in [-0.1, -0.05) is 26.0 Å². The van der Waals surface area contributed by atoms with Crippen molar-refractivity contribution >= 4 is 5.91 Å². The third-order valence-corrected chi connectivity index (χ3v) is 5.19. The van der Waals surface area contributed by atoms with E-state index in [0.717, 1.165) is 45.7 Å². The van der Waals surface area contributed by atoms with Crippen LogP contribution in [0.4, 0.5) is 0 Å². The summed E-state index contributed by atoms with van der Waals surface area (Å²) in [5.74, 6) is 1.35. The third kappa shape index (κ3) is 4.15. The van der Waals surface area contributed by atoms with Gasteiger partial charge < -0.3 is 14.4 Å². The molecule has 2 fully saturated rings. The van der Waals surface area contributed by atoms with Crippen molar-refractivity contribution < 1.29 is 14.3 Å². The Morgan fingerprint density at radius 3 is 2.56 bits per heavy atom. The van der Waals surface area contributed by atoms with Gasteiger partial charge in [-0.25, -0.2) is 0 Å². The molecule has 2 aliphatic rings. The summed E-state index contributed by atoms with van der Waals surface area (Å²) < 4.78 is 10.9. The molecule has 0 unspecified atom stereocenters. The Labute approximate surface area is 150 Å². The van der Waals surface area contributed by atoms with Crippen molar-refractivity contribution in [2.45, 2.75) is 38.8 Å². The molecule has 25 heavy (non-hydrogen) atoms. The van der Waals surface area contributed by atoms with Gasteiger partial charge in [0.25, 0.3) is 5.91 Å². The molecule has 0 aliphatic carbocycles. The van der Waals surface area contributed by atoms with Crippen molar-refractivity contribution in [2.75, 3.05) is 40.0 Å². The fourth-order valence-electron chi connectivity index (χ4n) is 3.86. The van der Waals surface area contributed by atoms with Crippen LogP contribution >= 0.6 is 0 Å². The van der Waals surface area contributed by atoms with Crippen molar-refractivity contribution in [1.29, 1.82) is 0 Å². The van der Waals surface area contributed by atoms with E-state index in [1.165, 1.54) is 0 Å². The van der Waals surface area contributed by atoms with Crippen LogP contribution in [0.25, 0.3) is 0 Å². The van der Waals surface area contributed by atoms with Crippen LogP contribution in [0.1, 0.15) is 37.0 Å². The first-order chi connectivity index (χ1) is 12.1. The summed E-state index contributed by atoms with van der Waals surface area (Å²) in [6, 6.07) is 8.52. The minimum Gasteiger partial charge on any atom is -0.496 e. The van der Waals surface area contributed by atoms with Gasteiger partial charge in [0, 0.05) is 44.9 Å². The molecule has 0 atom stereocenters. The van der Waals surface area contributed by atoms with E-state index in [9.17, 15) is 4.79 Å². The SMILES string of the molecule is COc1ccccc1C(=O)N1CC(N(CC(C)C)C2CCOCC2)C1. The zero-order valence-corrected chi connectivity index (χ0v) is 15.6. The standard InChI is InChI=1S/C20H30N2O3/c1-15(2)12-22(16-8-10-25-11-9-16)17-13-21(14-17)20(23)18-6-4-5-7-19(18)24-3/h4-7,15-17H,8-14H2,1-3H3. The first kappa shape index (κ1) is 18.2. The Morgan fingerprint density at radius 2 is 1.92 bits per heavy atom. The molecule has 1 aromatic carbocycles. The maximum atomic E-state index is 12.8. The molecule has 0 aromatic heterocycles. The predicted octanol–water partition coefficient (Wildman–Crippen LogP) is 2.66. The smallest absolute Gasteiger partial charge is 0.257 e. The molecule has 5 heteroatoms. The molecule has 0 spiro atoms. The second-order valence-corrected chi connectivity index (χ2v) is 7.50. The second-order valence-electron chi connectivity index (χ2n) is 7.50. The summed E-state index contributed by atoms with van der Waals surface area (Å²) in [7, 11) is 1.61. The number of rotatable bonds is 6. The summed E-state index contributed by atoms with van der Waals surface area (Å²) in [6.07, 6.45) is 2.20. The summed E-state index contributed by atoms with van der Waals surface area (Å²) >= 11 is 0. The van der Waals surface area contributed by atoms with Crippen molar-refractivity contribution in [3.63, 3.8) is 0 Å². The maximum absolute atomic E-state index is 12.8. The van der Waals surface area contributed by atoms with Gasteiger partial charge in [0.05, 0.1) is 12.7 Å². The summed E-state index contributed by atoms with van der Waals surface area (Å²) in [5.41, 5.74) is 0.657. The predicted molar refractivity (Wildman–Crippen MR) is 98.1 cm³/mol. The van der Waals surface area contributed by atoms with Gasteiger partial charge in [-0.2, -0.15) is 0 Å². The van der Waals surface area contributed by atoms with E-state index < -0.39 is 0 Å². The van der Waals surface area contributed by atoms with Gasteiger partial charge in [-0.05, 0) is 30.9 Å². The van der Waals surface area contributed by atoms with E-state index in [1.807, 2.05) is 29.2 Å². The van der Waals surface area contributed by atoms with Crippen molar-refractivity contribution in [3.8, 4) is 5.75 Å². The number of benzene rings is 1. The fraction of sp³-hybridized carbons (Fsp3) is 0.650. The normalized spacial score (nSPS) is 19.3. The minimum absolute atomic E-state index is 0.0742. The highest BCUT2D eigenvalue weighted by molar-refractivity contribution is 5.97. The number of ether oxygens (including phenoxy) is 2. The zero-order chi connectivity index (χ0) is 17.8. The lowest BCUT2D eigenvalue weighted by Crippen LogP contribution is -2.64. The largest absolute Gasteiger partial charge is 0.496 e. The first-order valence-electron chi connectivity index (χ1n) is 9.36. The molecule has 0 saturated carbocycles. The van der Waals surface area contributed by atoms with Crippen LogP contribution in [-0.2, 0) is 4.74 Å². The fourth-order valence-corrected chi connectivity index (χ4v) is 3.86. The minimum atomic E-state index is 0.0742. The molecule has 3 rings (SSSR count). The van der Waals surface area contributed by atoms with Crippen molar-refractivity contribution in [2.24, 2.45) is 5.92 Å². The zero-order valence-electron chi connectivity index (χ0n) is 15.6. The van der Waals surface area contributed by atoms with E-state index in [1.54, 1.807) is 7.11 Å². The molecule has 138 valence electrons. The number of para-hydroxylation sites is 1.